The Morgan fingerprint density at radius 3 is 2.61 bits per heavy atom. The molecule has 1 aromatic heterocycles. The number of aromatic nitrogens is 1. The van der Waals surface area contributed by atoms with Gasteiger partial charge in [-0.2, -0.15) is 4.98 Å². The first-order valence-electron chi connectivity index (χ1n) is 12.1. The molecule has 2 heterocycles. The minimum absolute atomic E-state index is 0.107. The molecule has 0 unspecified atom stereocenters. The van der Waals surface area contributed by atoms with Crippen molar-refractivity contribution < 1.29 is 23.8 Å². The van der Waals surface area contributed by atoms with Gasteiger partial charge in [0.1, 0.15) is 11.3 Å². The third-order valence-corrected chi connectivity index (χ3v) is 6.71. The van der Waals surface area contributed by atoms with Crippen molar-refractivity contribution >= 4 is 23.2 Å². The number of oxazole rings is 1. The van der Waals surface area contributed by atoms with Gasteiger partial charge >= 0.3 is 6.09 Å². The largest absolute Gasteiger partial charge is 0.493 e. The molecule has 182 valence electrons. The molecule has 8 nitrogen and oxygen atoms in total. The number of hydrogen-bond acceptors (Lipinski definition) is 6. The van der Waals surface area contributed by atoms with Crippen LogP contribution < -0.4 is 9.64 Å². The summed E-state index contributed by atoms with van der Waals surface area (Å²) in [6.07, 6.45) is 4.74. The van der Waals surface area contributed by atoms with E-state index in [-0.39, 0.29) is 12.1 Å². The van der Waals surface area contributed by atoms with E-state index in [1.54, 1.807) is 0 Å². The predicted molar refractivity (Wildman–Crippen MR) is 127 cm³/mol. The molecule has 1 aliphatic heterocycles. The fourth-order valence-corrected chi connectivity index (χ4v) is 4.69. The first-order valence-corrected chi connectivity index (χ1v) is 12.1. The maximum atomic E-state index is 11.7. The van der Waals surface area contributed by atoms with E-state index in [1.165, 1.54) is 24.2 Å². The molecular weight excluding hydrogens is 422 g/mol. The molecule has 1 aliphatic carbocycles. The zero-order valence-electron chi connectivity index (χ0n) is 20.2. The summed E-state index contributed by atoms with van der Waals surface area (Å²) in [6, 6.07) is 6.27. The van der Waals surface area contributed by atoms with Crippen LogP contribution in [0.5, 0.6) is 5.75 Å². The number of hydrogen-bond donors (Lipinski definition) is 1. The topological polar surface area (TPSA) is 88.3 Å². The maximum absolute atomic E-state index is 11.7. The number of nitrogens with zero attached hydrogens (tertiary/aromatic N) is 3. The highest BCUT2D eigenvalue weighted by Crippen LogP contribution is 2.30. The predicted octanol–water partition coefficient (Wildman–Crippen LogP) is 5.16. The van der Waals surface area contributed by atoms with Gasteiger partial charge in [-0.1, -0.05) is 6.42 Å². The SMILES string of the molecule is C[C@@H](COC1CCN(c2nc3cc(OCC4CCC4)ccc3o2)CC1)N(C(=O)O)C(C)(C)C. The number of piperidine rings is 1. The fraction of sp³-hybridized carbons (Fsp3) is 0.680. The molecule has 2 fully saturated rings. The molecule has 1 aromatic carbocycles. The van der Waals surface area contributed by atoms with E-state index in [0.29, 0.717) is 18.5 Å². The summed E-state index contributed by atoms with van der Waals surface area (Å²) < 4.78 is 18.0. The standard InChI is InChI=1S/C25H37N3O5/c1-17(28(24(29)30)25(2,3)4)15-31-19-10-12-27(13-11-19)23-26-21-14-20(8-9-22(21)33-23)32-16-18-6-5-7-18/h8-9,14,17-19H,5-7,10-13,15-16H2,1-4H3,(H,29,30)/t17-/m0/s1. The Labute approximate surface area is 195 Å². The number of amides is 1. The van der Waals surface area contributed by atoms with Crippen LogP contribution >= 0.6 is 0 Å². The fourth-order valence-electron chi connectivity index (χ4n) is 4.69. The molecule has 2 aliphatic rings. The van der Waals surface area contributed by atoms with Crippen molar-refractivity contribution in [1.29, 1.82) is 0 Å². The monoisotopic (exact) mass is 459 g/mol. The van der Waals surface area contributed by atoms with Crippen molar-refractivity contribution in [3.63, 3.8) is 0 Å². The van der Waals surface area contributed by atoms with E-state index in [9.17, 15) is 9.90 Å². The summed E-state index contributed by atoms with van der Waals surface area (Å²) in [5, 5.41) is 9.56. The smallest absolute Gasteiger partial charge is 0.408 e. The quantitative estimate of drug-likeness (QED) is 0.583. The Hall–Kier alpha value is -2.48. The number of rotatable bonds is 8. The van der Waals surface area contributed by atoms with Crippen molar-refractivity contribution in [3.8, 4) is 5.75 Å². The second kappa shape index (κ2) is 9.79. The normalized spacial score (nSPS) is 18.8. The molecule has 0 spiro atoms. The Balaban J connectivity index is 1.28. The maximum Gasteiger partial charge on any atom is 0.408 e. The molecule has 1 N–H and O–H groups in total. The number of anilines is 1. The molecule has 33 heavy (non-hydrogen) atoms. The Morgan fingerprint density at radius 1 is 1.27 bits per heavy atom. The summed E-state index contributed by atoms with van der Waals surface area (Å²) in [4.78, 5) is 20.0. The highest BCUT2D eigenvalue weighted by atomic mass is 16.5. The summed E-state index contributed by atoms with van der Waals surface area (Å²) in [5.41, 5.74) is 1.12. The highest BCUT2D eigenvalue weighted by molar-refractivity contribution is 5.76. The van der Waals surface area contributed by atoms with Crippen LogP contribution in [0.25, 0.3) is 11.1 Å². The van der Waals surface area contributed by atoms with E-state index in [2.05, 4.69) is 4.90 Å². The van der Waals surface area contributed by atoms with Crippen molar-refractivity contribution in [3.05, 3.63) is 18.2 Å². The van der Waals surface area contributed by atoms with Crippen molar-refractivity contribution in [2.45, 2.75) is 77.5 Å². The highest BCUT2D eigenvalue weighted by Gasteiger charge is 2.32. The molecule has 0 bridgehead atoms. The molecule has 0 radical (unpaired) electrons. The van der Waals surface area contributed by atoms with Crippen LogP contribution in [0.1, 0.15) is 59.8 Å². The van der Waals surface area contributed by atoms with Gasteiger partial charge in [-0.25, -0.2) is 4.79 Å². The van der Waals surface area contributed by atoms with Gasteiger partial charge in [0.05, 0.1) is 25.4 Å². The van der Waals surface area contributed by atoms with Crippen molar-refractivity contribution in [2.24, 2.45) is 5.92 Å². The van der Waals surface area contributed by atoms with Crippen LogP contribution in [0.4, 0.5) is 10.8 Å². The van der Waals surface area contributed by atoms with Gasteiger partial charge in [0.15, 0.2) is 5.58 Å². The summed E-state index contributed by atoms with van der Waals surface area (Å²) in [6.45, 7) is 10.4. The number of fused-ring (bicyclic) bond motifs is 1. The van der Waals surface area contributed by atoms with Gasteiger partial charge in [0, 0.05) is 24.7 Å². The van der Waals surface area contributed by atoms with Gasteiger partial charge in [-0.15, -0.1) is 0 Å². The number of carbonyl (C=O) groups is 1. The lowest BCUT2D eigenvalue weighted by Crippen LogP contribution is -2.52. The lowest BCUT2D eigenvalue weighted by atomic mass is 9.86. The van der Waals surface area contributed by atoms with E-state index in [4.69, 9.17) is 18.9 Å². The molecule has 2 aromatic rings. The van der Waals surface area contributed by atoms with Crippen molar-refractivity contribution in [2.75, 3.05) is 31.2 Å². The molecule has 1 amide bonds. The van der Waals surface area contributed by atoms with Gasteiger partial charge in [0.25, 0.3) is 6.01 Å². The zero-order chi connectivity index (χ0) is 23.6. The third-order valence-electron chi connectivity index (χ3n) is 6.71. The zero-order valence-corrected chi connectivity index (χ0v) is 20.2. The van der Waals surface area contributed by atoms with E-state index in [0.717, 1.165) is 49.4 Å². The summed E-state index contributed by atoms with van der Waals surface area (Å²) in [7, 11) is 0. The molecule has 8 heteroatoms. The first kappa shape index (κ1) is 23.7. The van der Waals surface area contributed by atoms with Crippen LogP contribution in [0.2, 0.25) is 0 Å². The summed E-state index contributed by atoms with van der Waals surface area (Å²) >= 11 is 0. The third kappa shape index (κ3) is 5.72. The molecular formula is C25H37N3O5. The molecule has 1 atom stereocenters. The van der Waals surface area contributed by atoms with Crippen LogP contribution in [0, 0.1) is 5.92 Å². The Morgan fingerprint density at radius 2 is 2.00 bits per heavy atom. The second-order valence-electron chi connectivity index (χ2n) is 10.4. The summed E-state index contributed by atoms with van der Waals surface area (Å²) in [5.74, 6) is 1.54. The Bertz CT molecular complexity index is 941. The van der Waals surface area contributed by atoms with Crippen LogP contribution in [-0.4, -0.2) is 65.1 Å². The van der Waals surface area contributed by atoms with E-state index >= 15 is 0 Å². The van der Waals surface area contributed by atoms with Gasteiger partial charge < -0.3 is 23.9 Å². The van der Waals surface area contributed by atoms with Gasteiger partial charge in [-0.3, -0.25) is 4.90 Å². The average molecular weight is 460 g/mol. The lowest BCUT2D eigenvalue weighted by molar-refractivity contribution is -0.0142. The molecule has 4 rings (SSSR count). The molecule has 1 saturated heterocycles. The average Bonchev–Trinajstić information content (AvgIpc) is 3.13. The number of ether oxygens (including phenoxy) is 2. The van der Waals surface area contributed by atoms with Crippen LogP contribution in [0.15, 0.2) is 22.6 Å². The minimum Gasteiger partial charge on any atom is -0.493 e. The van der Waals surface area contributed by atoms with Crippen LogP contribution in [0.3, 0.4) is 0 Å². The lowest BCUT2D eigenvalue weighted by Gasteiger charge is -2.39. The van der Waals surface area contributed by atoms with Gasteiger partial charge in [0.2, 0.25) is 0 Å². The second-order valence-corrected chi connectivity index (χ2v) is 10.4. The van der Waals surface area contributed by atoms with E-state index < -0.39 is 11.6 Å². The first-order chi connectivity index (χ1) is 15.7. The van der Waals surface area contributed by atoms with E-state index in [1.807, 2.05) is 45.9 Å². The van der Waals surface area contributed by atoms with Gasteiger partial charge in [-0.05, 0) is 71.4 Å². The molecule has 1 saturated carbocycles. The number of carboxylic acid groups (broad SMARTS) is 1. The minimum atomic E-state index is -0.916. The number of benzene rings is 1. The van der Waals surface area contributed by atoms with Crippen molar-refractivity contribution in [1.82, 2.24) is 9.88 Å². The van der Waals surface area contributed by atoms with Crippen LogP contribution in [-0.2, 0) is 4.74 Å². The Kier molecular flexibility index (Phi) is 7.02.